The first-order valence-electron chi connectivity index (χ1n) is 13.4. The maximum absolute atomic E-state index is 15.0. The molecule has 1 amide bonds. The minimum absolute atomic E-state index is 0.0244. The van der Waals surface area contributed by atoms with Crippen molar-refractivity contribution in [2.45, 2.75) is 58.6 Å². The van der Waals surface area contributed by atoms with E-state index in [0.717, 1.165) is 28.7 Å². The molecule has 0 N–H and O–H groups in total. The lowest BCUT2D eigenvalue weighted by molar-refractivity contribution is -0.142. The van der Waals surface area contributed by atoms with Crippen molar-refractivity contribution in [3.05, 3.63) is 88.7 Å². The van der Waals surface area contributed by atoms with Gasteiger partial charge >= 0.3 is 5.97 Å². The van der Waals surface area contributed by atoms with Crippen LogP contribution >= 0.6 is 0 Å². The van der Waals surface area contributed by atoms with Gasteiger partial charge in [0.1, 0.15) is 11.6 Å². The first-order valence-corrected chi connectivity index (χ1v) is 13.4. The Kier molecular flexibility index (Phi) is 7.50. The van der Waals surface area contributed by atoms with E-state index >= 15 is 4.39 Å². The second kappa shape index (κ2) is 11.0. The van der Waals surface area contributed by atoms with Crippen LogP contribution in [-0.4, -0.2) is 36.0 Å². The fourth-order valence-electron chi connectivity index (χ4n) is 5.48. The molecule has 0 spiro atoms. The summed E-state index contributed by atoms with van der Waals surface area (Å²) >= 11 is 0. The summed E-state index contributed by atoms with van der Waals surface area (Å²) in [5.41, 5.74) is 5.07. The molecule has 198 valence electrons. The average molecular weight is 516 g/mol. The summed E-state index contributed by atoms with van der Waals surface area (Å²) < 4.78 is 26.3. The van der Waals surface area contributed by atoms with Crippen LogP contribution in [0.3, 0.4) is 0 Å². The number of benzene rings is 3. The molecule has 1 fully saturated rings. The number of rotatable bonds is 8. The maximum Gasteiger partial charge on any atom is 0.310 e. The molecule has 5 rings (SSSR count). The predicted molar refractivity (Wildman–Crippen MR) is 144 cm³/mol. The van der Waals surface area contributed by atoms with Crippen LogP contribution in [0.2, 0.25) is 0 Å². The Hall–Kier alpha value is -3.67. The van der Waals surface area contributed by atoms with Crippen molar-refractivity contribution in [3.63, 3.8) is 0 Å². The third-order valence-corrected chi connectivity index (χ3v) is 7.35. The maximum atomic E-state index is 15.0. The van der Waals surface area contributed by atoms with Gasteiger partial charge in [0.25, 0.3) is 0 Å². The van der Waals surface area contributed by atoms with E-state index in [0.29, 0.717) is 37.4 Å². The zero-order valence-corrected chi connectivity index (χ0v) is 22.2. The van der Waals surface area contributed by atoms with Crippen LogP contribution < -0.4 is 4.74 Å². The second-order valence-electron chi connectivity index (χ2n) is 10.4. The van der Waals surface area contributed by atoms with Crippen molar-refractivity contribution in [2.24, 2.45) is 5.92 Å². The average Bonchev–Trinajstić information content (AvgIpc) is 3.71. The topological polar surface area (TPSA) is 55.8 Å². The highest BCUT2D eigenvalue weighted by molar-refractivity contribution is 5.84. The van der Waals surface area contributed by atoms with E-state index in [9.17, 15) is 9.59 Å². The van der Waals surface area contributed by atoms with Gasteiger partial charge in [-0.2, -0.15) is 0 Å². The highest BCUT2D eigenvalue weighted by Crippen LogP contribution is 2.49. The summed E-state index contributed by atoms with van der Waals surface area (Å²) in [4.78, 5) is 27.5. The molecule has 0 aromatic heterocycles. The number of fused-ring (bicyclic) bond motifs is 1. The van der Waals surface area contributed by atoms with Crippen LogP contribution in [0.5, 0.6) is 5.75 Å². The summed E-state index contributed by atoms with van der Waals surface area (Å²) in [5.74, 6) is 0.474. The highest BCUT2D eigenvalue weighted by Gasteiger charge is 2.46. The van der Waals surface area contributed by atoms with Crippen LogP contribution in [0, 0.1) is 11.7 Å². The Morgan fingerprint density at radius 3 is 2.55 bits per heavy atom. The van der Waals surface area contributed by atoms with Crippen LogP contribution in [-0.2, 0) is 33.7 Å². The minimum atomic E-state index is -0.300. The van der Waals surface area contributed by atoms with E-state index < -0.39 is 0 Å². The first-order chi connectivity index (χ1) is 18.4. The van der Waals surface area contributed by atoms with Crippen LogP contribution in [0.15, 0.2) is 60.7 Å². The summed E-state index contributed by atoms with van der Waals surface area (Å²) in [6.07, 6.45) is 1.39. The second-order valence-corrected chi connectivity index (χ2v) is 10.4. The standard InChI is InChI=1S/C32H34FNO4/c1-4-37-31(35)17-21-10-13-30(38-20(2)3)26(16-21)23-11-12-29(33)24-14-15-34(19-28(23)24)32(36)27-18-25(27)22-8-6-5-7-9-22/h5-13,16,20,25,27H,4,14-15,17-19H2,1-3H3/t25-,27+/m0/s1. The Labute approximate surface area is 223 Å². The van der Waals surface area contributed by atoms with E-state index in [4.69, 9.17) is 9.47 Å². The van der Waals surface area contributed by atoms with E-state index in [-0.39, 0.29) is 42.1 Å². The summed E-state index contributed by atoms with van der Waals surface area (Å²) in [5, 5.41) is 0. The van der Waals surface area contributed by atoms with Crippen molar-refractivity contribution < 1.29 is 23.5 Å². The van der Waals surface area contributed by atoms with E-state index in [2.05, 4.69) is 12.1 Å². The largest absolute Gasteiger partial charge is 0.490 e. The quantitative estimate of drug-likeness (QED) is 0.342. The zero-order valence-electron chi connectivity index (χ0n) is 22.2. The molecule has 3 aromatic rings. The SMILES string of the molecule is CCOC(=O)Cc1ccc(OC(C)C)c(-c2ccc(F)c3c2CN(C(=O)[C@@H]2C[C@H]2c2ccccc2)CC3)c1. The van der Waals surface area contributed by atoms with Gasteiger partial charge in [-0.15, -0.1) is 0 Å². The summed E-state index contributed by atoms with van der Waals surface area (Å²) in [6, 6.07) is 19.1. The van der Waals surface area contributed by atoms with Crippen LogP contribution in [0.4, 0.5) is 4.39 Å². The molecule has 0 bridgehead atoms. The molecule has 1 aliphatic carbocycles. The summed E-state index contributed by atoms with van der Waals surface area (Å²) in [6.45, 7) is 6.86. The third kappa shape index (κ3) is 5.45. The number of carbonyl (C=O) groups excluding carboxylic acids is 2. The molecule has 6 heteroatoms. The molecule has 0 saturated heterocycles. The molecule has 0 radical (unpaired) electrons. The lowest BCUT2D eigenvalue weighted by Gasteiger charge is -2.31. The van der Waals surface area contributed by atoms with Gasteiger partial charge in [-0.3, -0.25) is 9.59 Å². The number of ether oxygens (including phenoxy) is 2. The smallest absolute Gasteiger partial charge is 0.310 e. The van der Waals surface area contributed by atoms with Gasteiger partial charge in [0.05, 0.1) is 19.1 Å². The van der Waals surface area contributed by atoms with Crippen molar-refractivity contribution in [1.29, 1.82) is 0 Å². The van der Waals surface area contributed by atoms with E-state index in [1.165, 1.54) is 11.6 Å². The molecule has 3 aromatic carbocycles. The molecular weight excluding hydrogens is 481 g/mol. The van der Waals surface area contributed by atoms with Gasteiger partial charge in [-0.05, 0) is 85.5 Å². The zero-order chi connectivity index (χ0) is 26.8. The van der Waals surface area contributed by atoms with Gasteiger partial charge < -0.3 is 14.4 Å². The number of hydrogen-bond donors (Lipinski definition) is 0. The molecule has 2 aliphatic rings. The predicted octanol–water partition coefficient (Wildman–Crippen LogP) is 6.07. The van der Waals surface area contributed by atoms with Crippen molar-refractivity contribution in [2.75, 3.05) is 13.2 Å². The Bertz CT molecular complexity index is 1340. The van der Waals surface area contributed by atoms with Gasteiger partial charge in [-0.1, -0.05) is 42.5 Å². The Morgan fingerprint density at radius 2 is 1.82 bits per heavy atom. The van der Waals surface area contributed by atoms with Crippen molar-refractivity contribution in [1.82, 2.24) is 4.90 Å². The molecule has 1 saturated carbocycles. The fourth-order valence-corrected chi connectivity index (χ4v) is 5.48. The fraction of sp³-hybridized carbons (Fsp3) is 0.375. The number of nitrogens with zero attached hydrogens (tertiary/aromatic N) is 1. The number of hydrogen-bond acceptors (Lipinski definition) is 4. The number of carbonyl (C=O) groups is 2. The lowest BCUT2D eigenvalue weighted by atomic mass is 9.89. The molecule has 38 heavy (non-hydrogen) atoms. The molecule has 2 atom stereocenters. The Morgan fingerprint density at radius 1 is 1.03 bits per heavy atom. The first kappa shape index (κ1) is 26.0. The van der Waals surface area contributed by atoms with E-state index in [1.54, 1.807) is 13.0 Å². The Balaban J connectivity index is 1.46. The molecule has 1 aliphatic heterocycles. The molecule has 1 heterocycles. The number of amides is 1. The van der Waals surface area contributed by atoms with Crippen molar-refractivity contribution in [3.8, 4) is 16.9 Å². The molecule has 0 unspecified atom stereocenters. The van der Waals surface area contributed by atoms with Gasteiger partial charge in [0, 0.05) is 24.6 Å². The number of esters is 1. The van der Waals surface area contributed by atoms with Crippen molar-refractivity contribution >= 4 is 11.9 Å². The van der Waals surface area contributed by atoms with E-state index in [1.807, 2.05) is 55.1 Å². The molecule has 5 nitrogen and oxygen atoms in total. The normalized spacial score (nSPS) is 18.2. The monoisotopic (exact) mass is 515 g/mol. The number of halogens is 1. The minimum Gasteiger partial charge on any atom is -0.490 e. The molecular formula is C32H34FNO4. The highest BCUT2D eigenvalue weighted by atomic mass is 19.1. The lowest BCUT2D eigenvalue weighted by Crippen LogP contribution is -2.37. The van der Waals surface area contributed by atoms with Gasteiger partial charge in [-0.25, -0.2) is 4.39 Å². The van der Waals surface area contributed by atoms with Crippen LogP contribution in [0.1, 0.15) is 55.4 Å². The third-order valence-electron chi connectivity index (χ3n) is 7.35. The van der Waals surface area contributed by atoms with Gasteiger partial charge in [0.2, 0.25) is 5.91 Å². The van der Waals surface area contributed by atoms with Crippen LogP contribution in [0.25, 0.3) is 11.1 Å². The summed E-state index contributed by atoms with van der Waals surface area (Å²) in [7, 11) is 0. The van der Waals surface area contributed by atoms with Gasteiger partial charge in [0.15, 0.2) is 0 Å².